The van der Waals surface area contributed by atoms with Gasteiger partial charge in [-0.3, -0.25) is 4.79 Å². The summed E-state index contributed by atoms with van der Waals surface area (Å²) in [5.74, 6) is -0.00312. The van der Waals surface area contributed by atoms with E-state index in [0.29, 0.717) is 29.6 Å². The Morgan fingerprint density at radius 3 is 2.52 bits per heavy atom. The first-order valence-electron chi connectivity index (χ1n) is 6.70. The van der Waals surface area contributed by atoms with Gasteiger partial charge in [-0.2, -0.15) is 0 Å². The molecule has 0 atom stereocenters. The van der Waals surface area contributed by atoms with Gasteiger partial charge in [-0.1, -0.05) is 13.8 Å². The van der Waals surface area contributed by atoms with Gasteiger partial charge in [0.25, 0.3) is 0 Å². The molecule has 0 bridgehead atoms. The molecule has 1 N–H and O–H groups in total. The Balaban J connectivity index is 2.82. The van der Waals surface area contributed by atoms with Crippen LogP contribution in [0.3, 0.4) is 0 Å². The van der Waals surface area contributed by atoms with Crippen molar-refractivity contribution in [3.05, 3.63) is 35.9 Å². The van der Waals surface area contributed by atoms with Crippen molar-refractivity contribution in [3.63, 3.8) is 0 Å². The summed E-state index contributed by atoms with van der Waals surface area (Å²) in [6.45, 7) is 4.79. The molecule has 0 saturated heterocycles. The van der Waals surface area contributed by atoms with Gasteiger partial charge in [0, 0.05) is 11.6 Å². The molecular formula is C16H20O5. The van der Waals surface area contributed by atoms with Crippen molar-refractivity contribution in [1.29, 1.82) is 0 Å². The Kier molecular flexibility index (Phi) is 6.46. The molecule has 0 fully saturated rings. The Morgan fingerprint density at radius 2 is 1.95 bits per heavy atom. The molecule has 0 saturated carbocycles. The Labute approximate surface area is 124 Å². The van der Waals surface area contributed by atoms with Crippen molar-refractivity contribution in [2.75, 3.05) is 13.7 Å². The molecule has 1 aromatic carbocycles. The maximum Gasteiger partial charge on any atom is 0.328 e. The predicted molar refractivity (Wildman–Crippen MR) is 79.1 cm³/mol. The van der Waals surface area contributed by atoms with Gasteiger partial charge < -0.3 is 14.6 Å². The van der Waals surface area contributed by atoms with Crippen LogP contribution in [0.2, 0.25) is 0 Å². The molecule has 0 aromatic heterocycles. The number of benzene rings is 1. The van der Waals surface area contributed by atoms with Crippen molar-refractivity contribution < 1.29 is 24.2 Å². The van der Waals surface area contributed by atoms with Crippen LogP contribution in [0.25, 0.3) is 0 Å². The minimum atomic E-state index is -1.16. The van der Waals surface area contributed by atoms with Gasteiger partial charge >= 0.3 is 5.97 Å². The lowest BCUT2D eigenvalue weighted by atomic mass is 10.1. The first kappa shape index (κ1) is 16.8. The average Bonchev–Trinajstić information content (AvgIpc) is 2.44. The van der Waals surface area contributed by atoms with Gasteiger partial charge in [0.1, 0.15) is 0 Å². The molecule has 0 aliphatic heterocycles. The van der Waals surface area contributed by atoms with Crippen LogP contribution < -0.4 is 9.47 Å². The summed E-state index contributed by atoms with van der Waals surface area (Å²) in [7, 11) is 1.49. The number of ether oxygens (including phenoxy) is 2. The number of carbonyl (C=O) groups is 2. The molecule has 0 unspecified atom stereocenters. The fourth-order valence-corrected chi connectivity index (χ4v) is 1.59. The van der Waals surface area contributed by atoms with Gasteiger partial charge in [0.15, 0.2) is 17.3 Å². The normalized spacial score (nSPS) is 10.9. The van der Waals surface area contributed by atoms with E-state index in [0.717, 1.165) is 18.6 Å². The summed E-state index contributed by atoms with van der Waals surface area (Å²) >= 11 is 0. The number of methoxy groups -OCH3 is 1. The van der Waals surface area contributed by atoms with Crippen LogP contribution >= 0.6 is 0 Å². The number of rotatable bonds is 8. The van der Waals surface area contributed by atoms with E-state index in [9.17, 15) is 9.59 Å². The van der Waals surface area contributed by atoms with Crippen molar-refractivity contribution in [2.45, 2.75) is 20.3 Å². The molecule has 0 aliphatic rings. The fraction of sp³-hybridized carbons (Fsp3) is 0.375. The van der Waals surface area contributed by atoms with Crippen molar-refractivity contribution >= 4 is 11.8 Å². The minimum absolute atomic E-state index is 0.348. The number of hydrogen-bond donors (Lipinski definition) is 1. The predicted octanol–water partition coefficient (Wildman–Crippen LogP) is 2.94. The molecule has 114 valence electrons. The van der Waals surface area contributed by atoms with Crippen molar-refractivity contribution in [3.8, 4) is 11.5 Å². The van der Waals surface area contributed by atoms with E-state index in [1.54, 1.807) is 18.2 Å². The van der Waals surface area contributed by atoms with E-state index < -0.39 is 11.8 Å². The zero-order valence-corrected chi connectivity index (χ0v) is 12.5. The topological polar surface area (TPSA) is 72.8 Å². The summed E-state index contributed by atoms with van der Waals surface area (Å²) in [5.41, 5.74) is 0.348. The number of ketones is 1. The molecule has 5 heteroatoms. The van der Waals surface area contributed by atoms with Crippen LogP contribution in [0, 0.1) is 5.92 Å². The molecule has 0 radical (unpaired) electrons. The molecule has 0 spiro atoms. The highest BCUT2D eigenvalue weighted by atomic mass is 16.5. The van der Waals surface area contributed by atoms with E-state index in [2.05, 4.69) is 13.8 Å². The highest BCUT2D eigenvalue weighted by molar-refractivity contribution is 6.07. The van der Waals surface area contributed by atoms with E-state index in [-0.39, 0.29) is 0 Å². The van der Waals surface area contributed by atoms with E-state index in [4.69, 9.17) is 14.6 Å². The number of carboxylic acids is 1. The third-order valence-corrected chi connectivity index (χ3v) is 2.78. The van der Waals surface area contributed by atoms with Gasteiger partial charge in [-0.05, 0) is 36.6 Å². The van der Waals surface area contributed by atoms with Gasteiger partial charge in [0.05, 0.1) is 13.7 Å². The quantitative estimate of drug-likeness (QED) is 0.589. The minimum Gasteiger partial charge on any atom is -0.493 e. The molecule has 1 rings (SSSR count). The largest absolute Gasteiger partial charge is 0.493 e. The second-order valence-electron chi connectivity index (χ2n) is 4.93. The molecule has 0 amide bonds. The second-order valence-corrected chi connectivity index (χ2v) is 4.93. The third-order valence-electron chi connectivity index (χ3n) is 2.78. The number of aliphatic carboxylic acids is 1. The lowest BCUT2D eigenvalue weighted by Crippen LogP contribution is -2.04. The maximum absolute atomic E-state index is 11.8. The first-order valence-corrected chi connectivity index (χ1v) is 6.70. The summed E-state index contributed by atoms with van der Waals surface area (Å²) < 4.78 is 10.8. The summed E-state index contributed by atoms with van der Waals surface area (Å²) in [4.78, 5) is 22.2. The summed E-state index contributed by atoms with van der Waals surface area (Å²) in [6, 6.07) is 4.78. The lowest BCUT2D eigenvalue weighted by molar-refractivity contribution is -0.131. The standard InChI is InChI=1S/C16H20O5/c1-11(2)8-9-21-14-6-4-12(10-15(14)20-3)13(17)5-7-16(18)19/h4-7,10-11H,8-9H2,1-3H3,(H,18,19). The molecule has 5 nitrogen and oxygen atoms in total. The zero-order valence-electron chi connectivity index (χ0n) is 12.5. The van der Waals surface area contributed by atoms with Crippen LogP contribution in [0.5, 0.6) is 11.5 Å². The van der Waals surface area contributed by atoms with E-state index in [1.807, 2.05) is 0 Å². The average molecular weight is 292 g/mol. The Morgan fingerprint density at radius 1 is 1.24 bits per heavy atom. The molecular weight excluding hydrogens is 272 g/mol. The molecule has 1 aromatic rings. The monoisotopic (exact) mass is 292 g/mol. The Hall–Kier alpha value is -2.30. The Bertz CT molecular complexity index is 531. The molecule has 21 heavy (non-hydrogen) atoms. The molecule has 0 aliphatic carbocycles. The van der Waals surface area contributed by atoms with Crippen LogP contribution in [-0.4, -0.2) is 30.6 Å². The van der Waals surface area contributed by atoms with Crippen LogP contribution in [-0.2, 0) is 4.79 Å². The number of allylic oxidation sites excluding steroid dienone is 1. The third kappa shape index (κ3) is 5.69. The van der Waals surface area contributed by atoms with Gasteiger partial charge in [0.2, 0.25) is 0 Å². The van der Waals surface area contributed by atoms with Crippen molar-refractivity contribution in [1.82, 2.24) is 0 Å². The number of hydrogen-bond acceptors (Lipinski definition) is 4. The number of carboxylic acid groups (broad SMARTS) is 1. The maximum atomic E-state index is 11.8. The highest BCUT2D eigenvalue weighted by Gasteiger charge is 2.10. The van der Waals surface area contributed by atoms with Crippen LogP contribution in [0.4, 0.5) is 0 Å². The fourth-order valence-electron chi connectivity index (χ4n) is 1.59. The van der Waals surface area contributed by atoms with E-state index in [1.165, 1.54) is 7.11 Å². The lowest BCUT2D eigenvalue weighted by Gasteiger charge is -2.12. The van der Waals surface area contributed by atoms with E-state index >= 15 is 0 Å². The molecule has 0 heterocycles. The van der Waals surface area contributed by atoms with Crippen LogP contribution in [0.15, 0.2) is 30.4 Å². The number of carbonyl (C=O) groups excluding carboxylic acids is 1. The second kappa shape index (κ2) is 8.09. The van der Waals surface area contributed by atoms with Gasteiger partial charge in [-0.25, -0.2) is 4.79 Å². The van der Waals surface area contributed by atoms with Crippen molar-refractivity contribution in [2.24, 2.45) is 5.92 Å². The highest BCUT2D eigenvalue weighted by Crippen LogP contribution is 2.28. The zero-order chi connectivity index (χ0) is 15.8. The smallest absolute Gasteiger partial charge is 0.328 e. The van der Waals surface area contributed by atoms with Gasteiger partial charge in [-0.15, -0.1) is 0 Å². The SMILES string of the molecule is COc1cc(C(=O)C=CC(=O)O)ccc1OCCC(C)C. The van der Waals surface area contributed by atoms with Crippen LogP contribution in [0.1, 0.15) is 30.6 Å². The summed E-state index contributed by atoms with van der Waals surface area (Å²) in [6.07, 6.45) is 2.74. The summed E-state index contributed by atoms with van der Waals surface area (Å²) in [5, 5.41) is 8.51. The first-order chi connectivity index (χ1) is 9.93.